The van der Waals surface area contributed by atoms with Crippen molar-refractivity contribution in [3.05, 3.63) is 36.0 Å². The highest BCUT2D eigenvalue weighted by Crippen LogP contribution is 2.53. The van der Waals surface area contributed by atoms with Gasteiger partial charge in [-0.3, -0.25) is 14.7 Å². The van der Waals surface area contributed by atoms with E-state index in [1.54, 1.807) is 14.0 Å². The summed E-state index contributed by atoms with van der Waals surface area (Å²) in [5.41, 5.74) is 2.07. The third kappa shape index (κ3) is 3.13. The van der Waals surface area contributed by atoms with Crippen LogP contribution >= 0.6 is 0 Å². The van der Waals surface area contributed by atoms with Crippen LogP contribution in [0.2, 0.25) is 0 Å². The number of fused-ring (bicyclic) bond motifs is 1. The Bertz CT molecular complexity index is 1020. The van der Waals surface area contributed by atoms with Crippen LogP contribution in [0.3, 0.4) is 0 Å². The Hall–Kier alpha value is -2.83. The average Bonchev–Trinajstić information content (AvgIpc) is 3.29. The van der Waals surface area contributed by atoms with Crippen LogP contribution in [-0.4, -0.2) is 63.6 Å². The number of ether oxygens (including phenoxy) is 1. The van der Waals surface area contributed by atoms with E-state index in [1.807, 2.05) is 35.2 Å². The molecule has 3 heterocycles. The average molecular weight is 423 g/mol. The predicted molar refractivity (Wildman–Crippen MR) is 117 cm³/mol. The molecule has 2 amide bonds. The van der Waals surface area contributed by atoms with Crippen LogP contribution in [0.4, 0.5) is 0 Å². The van der Waals surface area contributed by atoms with Crippen molar-refractivity contribution >= 4 is 11.8 Å². The molecule has 1 saturated carbocycles. The minimum absolute atomic E-state index is 0.0198. The molecular weight excluding hydrogens is 392 g/mol. The Kier molecular flexibility index (Phi) is 4.79. The number of carbonyl (C=O) groups excluding carboxylic acids is 2. The Morgan fingerprint density at radius 1 is 1.19 bits per heavy atom. The van der Waals surface area contributed by atoms with E-state index in [0.717, 1.165) is 49.1 Å². The van der Waals surface area contributed by atoms with Gasteiger partial charge in [0.15, 0.2) is 0 Å². The second-order valence-electron chi connectivity index (χ2n) is 9.46. The minimum atomic E-state index is -0.0452. The normalized spacial score (nSPS) is 29.6. The number of hydrogen-bond acceptors (Lipinski definition) is 4. The van der Waals surface area contributed by atoms with E-state index in [0.29, 0.717) is 12.2 Å². The maximum Gasteiger partial charge on any atom is 0.272 e. The Labute approximate surface area is 182 Å². The molecule has 0 radical (unpaired) electrons. The molecular formula is C24H30N4O3. The molecule has 7 heteroatoms. The van der Waals surface area contributed by atoms with Gasteiger partial charge in [0.2, 0.25) is 5.91 Å². The van der Waals surface area contributed by atoms with Gasteiger partial charge in [-0.2, -0.15) is 5.10 Å². The van der Waals surface area contributed by atoms with Crippen molar-refractivity contribution in [3.63, 3.8) is 0 Å². The molecule has 2 aromatic rings. The van der Waals surface area contributed by atoms with E-state index in [4.69, 9.17) is 4.74 Å². The number of piperidine rings is 1. The van der Waals surface area contributed by atoms with E-state index >= 15 is 0 Å². The summed E-state index contributed by atoms with van der Waals surface area (Å²) in [6.45, 7) is 4.56. The number of methoxy groups -OCH3 is 1. The number of amides is 2. The zero-order valence-electron chi connectivity index (χ0n) is 18.4. The minimum Gasteiger partial charge on any atom is -0.497 e. The van der Waals surface area contributed by atoms with Crippen LogP contribution < -0.4 is 4.74 Å². The van der Waals surface area contributed by atoms with Gasteiger partial charge in [-0.05, 0) is 37.5 Å². The SMILES string of the molecule is COc1cccc(-c2cc(C(=O)N3C[C@@H]4C[C@@]5(C)[C@H](CCCC[C@@H]35)N4C(C)=O)[nH]n2)c1. The van der Waals surface area contributed by atoms with E-state index in [9.17, 15) is 9.59 Å². The molecule has 3 aliphatic rings. The first-order valence-electron chi connectivity index (χ1n) is 11.2. The Morgan fingerprint density at radius 2 is 1.97 bits per heavy atom. The molecule has 3 fully saturated rings. The number of benzene rings is 1. The van der Waals surface area contributed by atoms with Crippen molar-refractivity contribution in [2.75, 3.05) is 13.7 Å². The molecule has 0 spiro atoms. The number of aromatic amines is 1. The smallest absolute Gasteiger partial charge is 0.272 e. The highest BCUT2D eigenvalue weighted by Gasteiger charge is 2.60. The van der Waals surface area contributed by atoms with Crippen molar-refractivity contribution in [2.45, 2.75) is 64.1 Å². The molecule has 5 rings (SSSR count). The van der Waals surface area contributed by atoms with Crippen molar-refractivity contribution in [3.8, 4) is 17.0 Å². The first-order chi connectivity index (χ1) is 14.9. The topological polar surface area (TPSA) is 78.5 Å². The molecule has 7 nitrogen and oxygen atoms in total. The van der Waals surface area contributed by atoms with E-state index in [-0.39, 0.29) is 35.4 Å². The van der Waals surface area contributed by atoms with Gasteiger partial charge in [0, 0.05) is 36.5 Å². The van der Waals surface area contributed by atoms with Crippen LogP contribution in [-0.2, 0) is 4.79 Å². The summed E-state index contributed by atoms with van der Waals surface area (Å²) in [6.07, 6.45) is 5.22. The van der Waals surface area contributed by atoms with Gasteiger partial charge in [0.25, 0.3) is 5.91 Å². The summed E-state index contributed by atoms with van der Waals surface area (Å²) >= 11 is 0. The molecule has 31 heavy (non-hydrogen) atoms. The van der Waals surface area contributed by atoms with Crippen molar-refractivity contribution < 1.29 is 14.3 Å². The maximum absolute atomic E-state index is 13.6. The third-order valence-electron chi connectivity index (χ3n) is 7.71. The fraction of sp³-hybridized carbons (Fsp3) is 0.542. The van der Waals surface area contributed by atoms with Crippen LogP contribution in [0.5, 0.6) is 5.75 Å². The predicted octanol–water partition coefficient (Wildman–Crippen LogP) is 3.48. The molecule has 4 atom stereocenters. The molecule has 2 bridgehead atoms. The molecule has 2 aliphatic heterocycles. The number of H-pyrrole nitrogens is 1. The lowest BCUT2D eigenvalue weighted by atomic mass is 9.71. The van der Waals surface area contributed by atoms with Crippen molar-refractivity contribution in [1.82, 2.24) is 20.0 Å². The first-order valence-corrected chi connectivity index (χ1v) is 11.2. The zero-order valence-corrected chi connectivity index (χ0v) is 18.4. The number of carbonyl (C=O) groups is 2. The lowest BCUT2D eigenvalue weighted by Gasteiger charge is -2.46. The summed E-state index contributed by atoms with van der Waals surface area (Å²) < 4.78 is 5.31. The summed E-state index contributed by atoms with van der Waals surface area (Å²) in [5, 5.41) is 7.36. The van der Waals surface area contributed by atoms with Gasteiger partial charge >= 0.3 is 0 Å². The number of rotatable bonds is 3. The summed E-state index contributed by atoms with van der Waals surface area (Å²) in [4.78, 5) is 30.3. The monoisotopic (exact) mass is 422 g/mol. The van der Waals surface area contributed by atoms with Gasteiger partial charge in [-0.15, -0.1) is 0 Å². The van der Waals surface area contributed by atoms with E-state index in [2.05, 4.69) is 22.0 Å². The standard InChI is InChI=1S/C24H30N4O3/c1-15(29)28-17-13-24(2)21(9-4-5-10-22(24)28)27(14-17)23(30)20-12-19(25-26-20)16-7-6-8-18(11-16)31-3/h6-8,11-12,17,21-22H,4-5,9-10,13-14H2,1-3H3,(H,25,26)/t17-,21+,22-,24+/m0/s1. The van der Waals surface area contributed by atoms with Crippen LogP contribution in [0.25, 0.3) is 11.3 Å². The number of likely N-dealkylation sites (tertiary alicyclic amines) is 2. The number of aromatic nitrogens is 2. The maximum atomic E-state index is 13.6. The largest absolute Gasteiger partial charge is 0.497 e. The van der Waals surface area contributed by atoms with Crippen LogP contribution in [0.15, 0.2) is 30.3 Å². The molecule has 164 valence electrons. The first kappa shape index (κ1) is 20.1. The van der Waals surface area contributed by atoms with Gasteiger partial charge in [0.05, 0.1) is 18.8 Å². The van der Waals surface area contributed by atoms with Gasteiger partial charge < -0.3 is 14.5 Å². The van der Waals surface area contributed by atoms with Gasteiger partial charge in [-0.1, -0.05) is 31.9 Å². The molecule has 2 saturated heterocycles. The molecule has 1 N–H and O–H groups in total. The van der Waals surface area contributed by atoms with E-state index in [1.165, 1.54) is 0 Å². The second-order valence-corrected chi connectivity index (χ2v) is 9.46. The van der Waals surface area contributed by atoms with Gasteiger partial charge in [0.1, 0.15) is 11.4 Å². The number of nitrogens with one attached hydrogen (secondary N) is 1. The summed E-state index contributed by atoms with van der Waals surface area (Å²) in [7, 11) is 1.63. The second kappa shape index (κ2) is 7.39. The third-order valence-corrected chi connectivity index (χ3v) is 7.71. The fourth-order valence-electron chi connectivity index (χ4n) is 6.38. The van der Waals surface area contributed by atoms with Crippen LogP contribution in [0, 0.1) is 5.41 Å². The highest BCUT2D eigenvalue weighted by atomic mass is 16.5. The summed E-state index contributed by atoms with van der Waals surface area (Å²) in [5.74, 6) is 0.867. The van der Waals surface area contributed by atoms with Crippen molar-refractivity contribution in [1.29, 1.82) is 0 Å². The Morgan fingerprint density at radius 3 is 2.71 bits per heavy atom. The molecule has 1 aromatic carbocycles. The molecule has 1 aliphatic carbocycles. The van der Waals surface area contributed by atoms with Gasteiger partial charge in [-0.25, -0.2) is 0 Å². The zero-order chi connectivity index (χ0) is 21.8. The quantitative estimate of drug-likeness (QED) is 0.821. The lowest BCUT2D eigenvalue weighted by molar-refractivity contribution is -0.132. The van der Waals surface area contributed by atoms with Crippen LogP contribution in [0.1, 0.15) is 56.4 Å². The number of hydrogen-bond donors (Lipinski definition) is 1. The molecule has 0 unspecified atom stereocenters. The summed E-state index contributed by atoms with van der Waals surface area (Å²) in [6, 6.07) is 9.97. The van der Waals surface area contributed by atoms with Crippen molar-refractivity contribution in [2.24, 2.45) is 5.41 Å². The lowest BCUT2D eigenvalue weighted by Crippen LogP contribution is -2.55. The highest BCUT2D eigenvalue weighted by molar-refractivity contribution is 5.94. The number of nitrogens with zero attached hydrogens (tertiary/aromatic N) is 3. The Balaban J connectivity index is 1.46. The van der Waals surface area contributed by atoms with E-state index < -0.39 is 0 Å². The molecule has 1 aromatic heterocycles. The fourth-order valence-corrected chi connectivity index (χ4v) is 6.38.